The van der Waals surface area contributed by atoms with Crippen LogP contribution in [0.2, 0.25) is 5.02 Å². The van der Waals surface area contributed by atoms with Crippen LogP contribution in [0.1, 0.15) is 0 Å². The van der Waals surface area contributed by atoms with E-state index in [2.05, 4.69) is 46.3 Å². The molecular formula is C18H8BrClOS. The third-order valence-electron chi connectivity index (χ3n) is 3.99. The summed E-state index contributed by atoms with van der Waals surface area (Å²) in [6, 6.07) is 16.4. The Morgan fingerprint density at radius 1 is 0.818 bits per heavy atom. The second-order valence-electron chi connectivity index (χ2n) is 5.30. The number of halogens is 2. The van der Waals surface area contributed by atoms with Crippen molar-refractivity contribution in [1.82, 2.24) is 0 Å². The molecule has 0 spiro atoms. The fraction of sp³-hybridized carbons (Fsp3) is 0. The van der Waals surface area contributed by atoms with Crippen molar-refractivity contribution < 1.29 is 4.42 Å². The van der Waals surface area contributed by atoms with E-state index in [1.807, 2.05) is 18.2 Å². The van der Waals surface area contributed by atoms with Crippen LogP contribution in [-0.4, -0.2) is 0 Å². The van der Waals surface area contributed by atoms with Gasteiger partial charge in [0, 0.05) is 40.4 Å². The second kappa shape index (κ2) is 4.48. The van der Waals surface area contributed by atoms with E-state index in [9.17, 15) is 0 Å². The van der Waals surface area contributed by atoms with E-state index in [1.165, 1.54) is 20.2 Å². The van der Waals surface area contributed by atoms with Crippen molar-refractivity contribution in [3.63, 3.8) is 0 Å². The summed E-state index contributed by atoms with van der Waals surface area (Å²) in [4.78, 5) is 0. The predicted molar refractivity (Wildman–Crippen MR) is 99.3 cm³/mol. The maximum absolute atomic E-state index is 6.20. The standard InChI is InChI=1S/C18H8BrClOS/c19-9-1-5-15-12(7-9)18-16(22-15)6-4-14-17(18)11-8-10(20)2-3-13(11)21-14/h1-8H. The maximum atomic E-state index is 6.20. The Hall–Kier alpha value is -1.55. The average Bonchev–Trinajstić information content (AvgIpc) is 3.04. The Kier molecular flexibility index (Phi) is 2.63. The number of hydrogen-bond acceptors (Lipinski definition) is 2. The number of furan rings is 1. The molecule has 0 aliphatic heterocycles. The number of fused-ring (bicyclic) bond motifs is 7. The van der Waals surface area contributed by atoms with Crippen LogP contribution in [0.4, 0.5) is 0 Å². The van der Waals surface area contributed by atoms with Gasteiger partial charge in [-0.2, -0.15) is 0 Å². The van der Waals surface area contributed by atoms with Crippen LogP contribution >= 0.6 is 38.9 Å². The number of thiophene rings is 1. The van der Waals surface area contributed by atoms with Gasteiger partial charge in [0.05, 0.1) is 0 Å². The molecule has 0 aliphatic rings. The van der Waals surface area contributed by atoms with Crippen molar-refractivity contribution in [2.45, 2.75) is 0 Å². The van der Waals surface area contributed by atoms with Crippen molar-refractivity contribution in [2.24, 2.45) is 0 Å². The zero-order valence-electron chi connectivity index (χ0n) is 11.2. The van der Waals surface area contributed by atoms with Crippen molar-refractivity contribution >= 4 is 81.0 Å². The molecular weight excluding hydrogens is 380 g/mol. The highest BCUT2D eigenvalue weighted by Crippen LogP contribution is 2.43. The van der Waals surface area contributed by atoms with Gasteiger partial charge in [-0.25, -0.2) is 0 Å². The van der Waals surface area contributed by atoms with Crippen LogP contribution in [0.5, 0.6) is 0 Å². The van der Waals surface area contributed by atoms with Gasteiger partial charge in [0.1, 0.15) is 11.2 Å². The molecule has 0 fully saturated rings. The highest BCUT2D eigenvalue weighted by Gasteiger charge is 2.15. The molecule has 0 amide bonds. The molecule has 1 nitrogen and oxygen atoms in total. The molecule has 3 aromatic carbocycles. The monoisotopic (exact) mass is 386 g/mol. The van der Waals surface area contributed by atoms with Gasteiger partial charge in [-0.3, -0.25) is 0 Å². The Morgan fingerprint density at radius 3 is 2.55 bits per heavy atom. The highest BCUT2D eigenvalue weighted by molar-refractivity contribution is 9.10. The molecule has 0 saturated heterocycles. The third kappa shape index (κ3) is 1.70. The molecule has 0 N–H and O–H groups in total. The lowest BCUT2D eigenvalue weighted by Crippen LogP contribution is -1.71. The molecule has 0 atom stereocenters. The Morgan fingerprint density at radius 2 is 1.64 bits per heavy atom. The molecule has 0 bridgehead atoms. The van der Waals surface area contributed by atoms with Crippen LogP contribution in [0.15, 0.2) is 57.4 Å². The van der Waals surface area contributed by atoms with Crippen molar-refractivity contribution in [3.8, 4) is 0 Å². The van der Waals surface area contributed by atoms with Crippen molar-refractivity contribution in [1.29, 1.82) is 0 Å². The van der Waals surface area contributed by atoms with Gasteiger partial charge in [0.25, 0.3) is 0 Å². The lowest BCUT2D eigenvalue weighted by atomic mass is 10.1. The summed E-state index contributed by atoms with van der Waals surface area (Å²) in [5.74, 6) is 0. The van der Waals surface area contributed by atoms with E-state index in [1.54, 1.807) is 11.3 Å². The summed E-state index contributed by atoms with van der Waals surface area (Å²) in [7, 11) is 0. The minimum absolute atomic E-state index is 0.730. The van der Waals surface area contributed by atoms with Gasteiger partial charge in [-0.15, -0.1) is 11.3 Å². The SMILES string of the molecule is Clc1ccc2oc3ccc4sc5ccc(Br)cc5c4c3c2c1. The molecule has 2 aromatic heterocycles. The summed E-state index contributed by atoms with van der Waals surface area (Å²) >= 11 is 11.6. The summed E-state index contributed by atoms with van der Waals surface area (Å²) in [5, 5.41) is 5.46. The smallest absolute Gasteiger partial charge is 0.136 e. The molecule has 2 heterocycles. The zero-order chi connectivity index (χ0) is 14.8. The first-order valence-corrected chi connectivity index (χ1v) is 8.82. The van der Waals surface area contributed by atoms with E-state index in [-0.39, 0.29) is 0 Å². The van der Waals surface area contributed by atoms with Gasteiger partial charge < -0.3 is 4.42 Å². The Bertz CT molecular complexity index is 1110. The lowest BCUT2D eigenvalue weighted by Gasteiger charge is -1.96. The van der Waals surface area contributed by atoms with E-state index in [0.717, 1.165) is 31.4 Å². The molecule has 5 rings (SSSR count). The third-order valence-corrected chi connectivity index (χ3v) is 5.85. The van der Waals surface area contributed by atoms with E-state index in [4.69, 9.17) is 16.0 Å². The first-order chi connectivity index (χ1) is 10.7. The first-order valence-electron chi connectivity index (χ1n) is 6.83. The van der Waals surface area contributed by atoms with E-state index >= 15 is 0 Å². The largest absolute Gasteiger partial charge is 0.456 e. The molecule has 0 unspecified atom stereocenters. The molecule has 5 aromatic rings. The van der Waals surface area contributed by atoms with E-state index < -0.39 is 0 Å². The van der Waals surface area contributed by atoms with Crippen molar-refractivity contribution in [3.05, 3.63) is 58.0 Å². The number of benzene rings is 3. The molecule has 0 saturated carbocycles. The summed E-state index contributed by atoms with van der Waals surface area (Å²) in [6.45, 7) is 0. The van der Waals surface area contributed by atoms with E-state index in [0.29, 0.717) is 0 Å². The molecule has 4 heteroatoms. The molecule has 106 valence electrons. The molecule has 22 heavy (non-hydrogen) atoms. The Balaban J connectivity index is 2.14. The van der Waals surface area contributed by atoms with Crippen LogP contribution in [0.3, 0.4) is 0 Å². The Labute approximate surface area is 143 Å². The lowest BCUT2D eigenvalue weighted by molar-refractivity contribution is 0.669. The fourth-order valence-corrected chi connectivity index (χ4v) is 4.71. The summed E-state index contributed by atoms with van der Waals surface area (Å²) < 4.78 is 9.63. The predicted octanol–water partition coefficient (Wildman–Crippen LogP) is 7.37. The highest BCUT2D eigenvalue weighted by atomic mass is 79.9. The van der Waals surface area contributed by atoms with Crippen molar-refractivity contribution in [2.75, 3.05) is 0 Å². The van der Waals surface area contributed by atoms with Gasteiger partial charge in [0.15, 0.2) is 0 Å². The minimum atomic E-state index is 0.730. The average molecular weight is 388 g/mol. The van der Waals surface area contributed by atoms with Crippen LogP contribution in [-0.2, 0) is 0 Å². The normalized spacial score (nSPS) is 12.1. The second-order valence-corrected chi connectivity index (χ2v) is 7.73. The summed E-state index contributed by atoms with van der Waals surface area (Å²) in [6.07, 6.45) is 0. The van der Waals surface area contributed by atoms with Gasteiger partial charge in [0.2, 0.25) is 0 Å². The van der Waals surface area contributed by atoms with Crippen LogP contribution < -0.4 is 0 Å². The topological polar surface area (TPSA) is 13.1 Å². The van der Waals surface area contributed by atoms with Crippen LogP contribution in [0.25, 0.3) is 42.1 Å². The van der Waals surface area contributed by atoms with Gasteiger partial charge >= 0.3 is 0 Å². The first kappa shape index (κ1) is 12.9. The number of hydrogen-bond donors (Lipinski definition) is 0. The quantitative estimate of drug-likeness (QED) is 0.270. The molecule has 0 radical (unpaired) electrons. The minimum Gasteiger partial charge on any atom is -0.456 e. The fourth-order valence-electron chi connectivity index (χ4n) is 3.08. The zero-order valence-corrected chi connectivity index (χ0v) is 14.3. The maximum Gasteiger partial charge on any atom is 0.136 e. The van der Waals surface area contributed by atoms with Crippen LogP contribution in [0, 0.1) is 0 Å². The summed E-state index contributed by atoms with van der Waals surface area (Å²) in [5.41, 5.74) is 1.78. The van der Waals surface area contributed by atoms with Gasteiger partial charge in [-0.1, -0.05) is 27.5 Å². The molecule has 0 aliphatic carbocycles. The number of rotatable bonds is 0. The van der Waals surface area contributed by atoms with Gasteiger partial charge in [-0.05, 0) is 48.5 Å².